The Bertz CT molecular complexity index is 1160. The summed E-state index contributed by atoms with van der Waals surface area (Å²) in [7, 11) is 0. The highest BCUT2D eigenvalue weighted by atomic mass is 35.5. The first-order valence-electron chi connectivity index (χ1n) is 10.4. The van der Waals surface area contributed by atoms with Gasteiger partial charge in [-0.15, -0.1) is 12.4 Å². The lowest BCUT2D eigenvalue weighted by atomic mass is 10.0. The Labute approximate surface area is 199 Å². The number of hydrogen-bond donors (Lipinski definition) is 2. The maximum absolute atomic E-state index is 15.2. The second-order valence-corrected chi connectivity index (χ2v) is 8.19. The fourth-order valence-corrected chi connectivity index (χ4v) is 4.61. The van der Waals surface area contributed by atoms with Crippen LogP contribution in [0.4, 0.5) is 30.5 Å². The molecular weight excluding hydrogens is 477 g/mol. The number of nitrogens with zero attached hydrogens (tertiary/aromatic N) is 3. The van der Waals surface area contributed by atoms with Gasteiger partial charge < -0.3 is 30.1 Å². The molecule has 3 aliphatic heterocycles. The van der Waals surface area contributed by atoms with Crippen LogP contribution in [0.2, 0.25) is 0 Å². The molecule has 5 rings (SSSR count). The van der Waals surface area contributed by atoms with Gasteiger partial charge in [0, 0.05) is 30.6 Å². The lowest BCUT2D eigenvalue weighted by molar-refractivity contribution is -0.166. The molecule has 0 bridgehead atoms. The quantitative estimate of drug-likeness (QED) is 0.663. The van der Waals surface area contributed by atoms with Crippen molar-refractivity contribution in [3.8, 4) is 0 Å². The molecule has 1 unspecified atom stereocenters. The molecule has 0 radical (unpaired) electrons. The van der Waals surface area contributed by atoms with Crippen molar-refractivity contribution in [2.75, 3.05) is 49.2 Å². The zero-order valence-electron chi connectivity index (χ0n) is 17.8. The van der Waals surface area contributed by atoms with Crippen molar-refractivity contribution < 1.29 is 32.5 Å². The van der Waals surface area contributed by atoms with Gasteiger partial charge in [-0.1, -0.05) is 0 Å². The van der Waals surface area contributed by atoms with Crippen LogP contribution in [-0.2, 0) is 14.3 Å². The molecule has 1 aromatic carbocycles. The maximum atomic E-state index is 15.2. The number of halogens is 4. The number of carboxylic acids is 1. The van der Waals surface area contributed by atoms with E-state index in [1.807, 2.05) is 0 Å². The van der Waals surface area contributed by atoms with E-state index in [1.54, 1.807) is 4.90 Å². The molecule has 3 N–H and O–H groups in total. The van der Waals surface area contributed by atoms with Gasteiger partial charge >= 0.3 is 5.97 Å². The van der Waals surface area contributed by atoms with Crippen LogP contribution >= 0.6 is 12.4 Å². The summed E-state index contributed by atoms with van der Waals surface area (Å²) in [5.41, 5.74) is 5.91. The minimum absolute atomic E-state index is 0. The van der Waals surface area contributed by atoms with Gasteiger partial charge in [0.05, 0.1) is 37.6 Å². The third-order valence-electron chi connectivity index (χ3n) is 6.19. The highest BCUT2D eigenvalue weighted by Crippen LogP contribution is 2.41. The average molecular weight is 499 g/mol. The van der Waals surface area contributed by atoms with E-state index in [0.717, 1.165) is 12.1 Å². The van der Waals surface area contributed by atoms with Crippen LogP contribution in [0, 0.1) is 23.4 Å². The summed E-state index contributed by atoms with van der Waals surface area (Å²) in [5.74, 6) is -4.59. The van der Waals surface area contributed by atoms with Crippen molar-refractivity contribution in [2.45, 2.75) is 5.79 Å². The van der Waals surface area contributed by atoms with Gasteiger partial charge in [0.1, 0.15) is 17.5 Å². The lowest BCUT2D eigenvalue weighted by Crippen LogP contribution is -2.42. The number of ether oxygens (including phenoxy) is 2. The molecule has 12 heteroatoms. The molecule has 4 heterocycles. The zero-order chi connectivity index (χ0) is 23.3. The Balaban J connectivity index is 0.00000274. The summed E-state index contributed by atoms with van der Waals surface area (Å²) in [4.78, 5) is 19.1. The van der Waals surface area contributed by atoms with Crippen molar-refractivity contribution >= 4 is 41.8 Å². The number of nitrogens with two attached hydrogens (primary N) is 1. The van der Waals surface area contributed by atoms with Gasteiger partial charge in [0.25, 0.3) is 0 Å². The molecule has 1 spiro atoms. The van der Waals surface area contributed by atoms with Crippen LogP contribution in [0.1, 0.15) is 5.56 Å². The second-order valence-electron chi connectivity index (χ2n) is 8.19. The Morgan fingerprint density at radius 2 is 1.91 bits per heavy atom. The third-order valence-corrected chi connectivity index (χ3v) is 6.19. The van der Waals surface area contributed by atoms with E-state index < -0.39 is 29.2 Å². The molecule has 2 aromatic rings. The Hall–Kier alpha value is -2.86. The smallest absolute Gasteiger partial charge is 0.333 e. The minimum Gasteiger partial charge on any atom is -0.478 e. The van der Waals surface area contributed by atoms with E-state index in [9.17, 15) is 18.7 Å². The van der Waals surface area contributed by atoms with Gasteiger partial charge in [-0.25, -0.2) is 22.9 Å². The Kier molecular flexibility index (Phi) is 6.47. The van der Waals surface area contributed by atoms with E-state index in [1.165, 1.54) is 17.0 Å². The van der Waals surface area contributed by atoms with Crippen LogP contribution in [0.25, 0.3) is 6.08 Å². The Morgan fingerprint density at radius 1 is 1.18 bits per heavy atom. The summed E-state index contributed by atoms with van der Waals surface area (Å²) >= 11 is 0. The summed E-state index contributed by atoms with van der Waals surface area (Å²) in [6.07, 6.45) is 1.30. The minimum atomic E-state index is -1.24. The first-order chi connectivity index (χ1) is 15.8. The van der Waals surface area contributed by atoms with E-state index in [2.05, 4.69) is 4.98 Å². The van der Waals surface area contributed by atoms with Crippen molar-refractivity contribution in [1.82, 2.24) is 4.98 Å². The molecule has 0 aliphatic carbocycles. The monoisotopic (exact) mass is 498 g/mol. The largest absolute Gasteiger partial charge is 0.478 e. The number of carboxylic acid groups (broad SMARTS) is 1. The van der Waals surface area contributed by atoms with Crippen LogP contribution in [0.5, 0.6) is 0 Å². The molecule has 2 saturated heterocycles. The van der Waals surface area contributed by atoms with Crippen molar-refractivity contribution in [2.24, 2.45) is 11.7 Å². The van der Waals surface area contributed by atoms with E-state index in [0.29, 0.717) is 25.8 Å². The summed E-state index contributed by atoms with van der Waals surface area (Å²) in [6.45, 7) is 1.39. The molecular formula is C22H22ClF3N4O4. The standard InChI is InChI=1S/C22H21F3N4O4.ClH/c23-15-1-2-18(16(24)7-15)29-9-13(21(30)31)5-12-6-17(25)20(27-19(12)29)28-10-14(8-26)22(11-28)32-3-4-33-22;/h1-2,5-7,14H,3-4,8-11,26H2,(H,30,31);1H. The second kappa shape index (κ2) is 9.06. The van der Waals surface area contributed by atoms with Crippen LogP contribution < -0.4 is 15.5 Å². The third kappa shape index (κ3) is 3.98. The topological polar surface area (TPSA) is 101 Å². The fourth-order valence-electron chi connectivity index (χ4n) is 4.61. The highest BCUT2D eigenvalue weighted by Gasteiger charge is 2.51. The molecule has 0 saturated carbocycles. The van der Waals surface area contributed by atoms with Crippen LogP contribution in [0.3, 0.4) is 0 Å². The number of hydrogen-bond acceptors (Lipinski definition) is 7. The first kappa shape index (κ1) is 24.3. The maximum Gasteiger partial charge on any atom is 0.333 e. The number of pyridine rings is 1. The average Bonchev–Trinajstić information content (AvgIpc) is 3.39. The number of aliphatic carboxylic acids is 1. The van der Waals surface area contributed by atoms with Crippen molar-refractivity contribution in [1.29, 1.82) is 0 Å². The molecule has 182 valence electrons. The first-order valence-corrected chi connectivity index (χ1v) is 10.4. The summed E-state index contributed by atoms with van der Waals surface area (Å²) in [6, 6.07) is 4.11. The molecule has 1 atom stereocenters. The van der Waals surface area contributed by atoms with Gasteiger partial charge in [0.2, 0.25) is 0 Å². The van der Waals surface area contributed by atoms with Crippen molar-refractivity contribution in [3.05, 3.63) is 52.9 Å². The van der Waals surface area contributed by atoms with E-state index in [4.69, 9.17) is 15.2 Å². The van der Waals surface area contributed by atoms with E-state index in [-0.39, 0.29) is 66.4 Å². The SMILES string of the molecule is Cl.NCC1CN(c2nc3c(cc2F)C=C(C(=O)O)CN3c2ccc(F)cc2F)CC12OCCO2. The van der Waals surface area contributed by atoms with Gasteiger partial charge in [-0.05, 0) is 24.3 Å². The summed E-state index contributed by atoms with van der Waals surface area (Å²) in [5, 5.41) is 9.50. The normalized spacial score (nSPS) is 20.8. The molecule has 0 amide bonds. The number of benzene rings is 1. The van der Waals surface area contributed by atoms with Gasteiger partial charge in [-0.3, -0.25) is 0 Å². The molecule has 1 aromatic heterocycles. The fraction of sp³-hybridized carbons (Fsp3) is 0.364. The lowest BCUT2D eigenvalue weighted by Gasteiger charge is -2.31. The van der Waals surface area contributed by atoms with Gasteiger partial charge in [0.15, 0.2) is 17.4 Å². The number of carbonyl (C=O) groups is 1. The highest BCUT2D eigenvalue weighted by molar-refractivity contribution is 5.97. The Morgan fingerprint density at radius 3 is 2.56 bits per heavy atom. The molecule has 3 aliphatic rings. The van der Waals surface area contributed by atoms with Crippen molar-refractivity contribution in [3.63, 3.8) is 0 Å². The summed E-state index contributed by atoms with van der Waals surface area (Å²) < 4.78 is 54.9. The number of fused-ring (bicyclic) bond motifs is 1. The molecule has 2 fully saturated rings. The number of aromatic nitrogens is 1. The zero-order valence-corrected chi connectivity index (χ0v) is 18.7. The molecule has 34 heavy (non-hydrogen) atoms. The van der Waals surface area contributed by atoms with Crippen LogP contribution in [-0.4, -0.2) is 61.2 Å². The van der Waals surface area contributed by atoms with Gasteiger partial charge in [-0.2, -0.15) is 0 Å². The predicted octanol–water partition coefficient (Wildman–Crippen LogP) is 2.68. The molecule has 8 nitrogen and oxygen atoms in total. The van der Waals surface area contributed by atoms with Crippen LogP contribution in [0.15, 0.2) is 29.8 Å². The number of anilines is 3. The predicted molar refractivity (Wildman–Crippen MR) is 120 cm³/mol. The number of rotatable bonds is 4. The van der Waals surface area contributed by atoms with E-state index >= 15 is 4.39 Å².